The van der Waals surface area contributed by atoms with Crippen LogP contribution in [-0.2, 0) is 13.6 Å². The first-order valence-electron chi connectivity index (χ1n) is 8.54. The number of nitrogens with zero attached hydrogens (tertiary/aromatic N) is 3. The van der Waals surface area contributed by atoms with Crippen molar-refractivity contribution in [1.82, 2.24) is 4.98 Å². The number of aryl methyl sites for hydroxylation is 2. The molecular formula is C22H16N3O+. The first-order chi connectivity index (χ1) is 12.7. The van der Waals surface area contributed by atoms with E-state index < -0.39 is 0 Å². The van der Waals surface area contributed by atoms with Crippen molar-refractivity contribution in [1.29, 1.82) is 0 Å². The molecule has 4 aromatic rings. The molecule has 0 saturated heterocycles. The summed E-state index contributed by atoms with van der Waals surface area (Å²) in [5.74, 6) is 1.44. The first kappa shape index (κ1) is 14.9. The van der Waals surface area contributed by atoms with Gasteiger partial charge in [-0.05, 0) is 30.0 Å². The summed E-state index contributed by atoms with van der Waals surface area (Å²) in [6.45, 7) is 9.66. The Labute approximate surface area is 151 Å². The van der Waals surface area contributed by atoms with Gasteiger partial charge in [0.25, 0.3) is 11.6 Å². The van der Waals surface area contributed by atoms with E-state index in [1.165, 1.54) is 11.1 Å². The van der Waals surface area contributed by atoms with Crippen LogP contribution in [0.15, 0.2) is 48.5 Å². The number of hydrogen-bond acceptors (Lipinski definition) is 2. The highest BCUT2D eigenvalue weighted by molar-refractivity contribution is 6.04. The number of aromatic nitrogens is 2. The molecule has 0 aliphatic carbocycles. The van der Waals surface area contributed by atoms with E-state index >= 15 is 0 Å². The van der Waals surface area contributed by atoms with Crippen LogP contribution in [0.3, 0.4) is 0 Å². The zero-order chi connectivity index (χ0) is 17.8. The highest BCUT2D eigenvalue weighted by Gasteiger charge is 2.32. The summed E-state index contributed by atoms with van der Waals surface area (Å²) < 4.78 is 8.36. The second-order valence-electron chi connectivity index (χ2n) is 6.64. The van der Waals surface area contributed by atoms with Crippen LogP contribution in [-0.4, -0.2) is 4.98 Å². The molecule has 0 saturated carbocycles. The summed E-state index contributed by atoms with van der Waals surface area (Å²) in [4.78, 5) is 8.37. The summed E-state index contributed by atoms with van der Waals surface area (Å²) >= 11 is 0. The molecule has 5 rings (SSSR count). The fraction of sp³-hybridized carbons (Fsp3) is 0.136. The van der Waals surface area contributed by atoms with Gasteiger partial charge in [-0.2, -0.15) is 4.57 Å². The maximum atomic E-state index is 7.22. The van der Waals surface area contributed by atoms with Gasteiger partial charge in [0.1, 0.15) is 18.3 Å². The molecule has 0 unspecified atom stereocenters. The van der Waals surface area contributed by atoms with Gasteiger partial charge in [-0.3, -0.25) is 0 Å². The van der Waals surface area contributed by atoms with Crippen LogP contribution < -0.4 is 9.30 Å². The number of benzene rings is 3. The number of para-hydroxylation sites is 1. The van der Waals surface area contributed by atoms with Gasteiger partial charge in [-0.25, -0.2) is 11.6 Å². The number of rotatable bonds is 1. The fourth-order valence-corrected chi connectivity index (χ4v) is 3.90. The Kier molecular flexibility index (Phi) is 3.01. The molecule has 3 aromatic carbocycles. The maximum absolute atomic E-state index is 7.22. The number of fused-ring (bicyclic) bond motifs is 3. The highest BCUT2D eigenvalue weighted by Crippen LogP contribution is 2.45. The lowest BCUT2D eigenvalue weighted by Crippen LogP contribution is -2.34. The molecule has 26 heavy (non-hydrogen) atoms. The minimum atomic E-state index is 0.314. The second-order valence-corrected chi connectivity index (χ2v) is 6.64. The Morgan fingerprint density at radius 3 is 2.81 bits per heavy atom. The van der Waals surface area contributed by atoms with Crippen molar-refractivity contribution < 1.29 is 9.30 Å². The molecule has 4 nitrogen and oxygen atoms in total. The summed E-state index contributed by atoms with van der Waals surface area (Å²) in [5, 5.41) is 2.30. The largest absolute Gasteiger partial charge is 0.433 e. The molecule has 0 bridgehead atoms. The molecule has 2 heterocycles. The predicted octanol–water partition coefficient (Wildman–Crippen LogP) is 4.71. The molecule has 1 aliphatic rings. The van der Waals surface area contributed by atoms with Crippen molar-refractivity contribution in [2.45, 2.75) is 13.5 Å². The van der Waals surface area contributed by atoms with Gasteiger partial charge >= 0.3 is 0 Å². The Hall–Kier alpha value is -3.45. The van der Waals surface area contributed by atoms with E-state index in [1.54, 1.807) is 0 Å². The molecule has 0 atom stereocenters. The van der Waals surface area contributed by atoms with Gasteiger partial charge < -0.3 is 9.58 Å². The molecule has 0 fully saturated rings. The number of hydrogen-bond donors (Lipinski definition) is 0. The van der Waals surface area contributed by atoms with E-state index in [1.807, 2.05) is 37.4 Å². The maximum Gasteiger partial charge on any atom is 0.294 e. The molecule has 4 heteroatoms. The summed E-state index contributed by atoms with van der Waals surface area (Å²) in [5.41, 5.74) is 6.11. The van der Waals surface area contributed by atoms with E-state index in [4.69, 9.17) is 16.3 Å². The Bertz CT molecular complexity index is 1270. The average molecular weight is 338 g/mol. The smallest absolute Gasteiger partial charge is 0.294 e. The van der Waals surface area contributed by atoms with Crippen molar-refractivity contribution in [2.75, 3.05) is 0 Å². The van der Waals surface area contributed by atoms with Gasteiger partial charge in [0.05, 0.1) is 11.1 Å². The van der Waals surface area contributed by atoms with Crippen LogP contribution in [0, 0.1) is 13.5 Å². The van der Waals surface area contributed by atoms with Gasteiger partial charge in [0.15, 0.2) is 0 Å². The molecule has 0 radical (unpaired) electrons. The van der Waals surface area contributed by atoms with Crippen molar-refractivity contribution in [3.8, 4) is 22.9 Å². The van der Waals surface area contributed by atoms with E-state index in [-0.39, 0.29) is 0 Å². The van der Waals surface area contributed by atoms with Crippen molar-refractivity contribution in [2.24, 2.45) is 7.05 Å². The van der Waals surface area contributed by atoms with Crippen LogP contribution in [0.5, 0.6) is 11.6 Å². The van der Waals surface area contributed by atoms with Crippen LogP contribution in [0.25, 0.3) is 37.9 Å². The lowest BCUT2D eigenvalue weighted by atomic mass is 9.94. The van der Waals surface area contributed by atoms with E-state index in [0.29, 0.717) is 12.4 Å². The van der Waals surface area contributed by atoms with Gasteiger partial charge in [-0.1, -0.05) is 30.3 Å². The van der Waals surface area contributed by atoms with E-state index in [2.05, 4.69) is 34.5 Å². The molecular weight excluding hydrogens is 322 g/mol. The standard InChI is InChI=1S/C22H16N3O/c1-13-10-11-14-6-5-9-17-19(14)18(13)21-22(26-17)24-20-15(12-23-2)7-4-8-16(20)25(21)3/h4-11H,12H2,1,3H3/q+1. The first-order valence-corrected chi connectivity index (χ1v) is 8.54. The predicted molar refractivity (Wildman–Crippen MR) is 101 cm³/mol. The van der Waals surface area contributed by atoms with Crippen molar-refractivity contribution >= 4 is 21.8 Å². The lowest BCUT2D eigenvalue weighted by molar-refractivity contribution is -0.634. The van der Waals surface area contributed by atoms with Gasteiger partial charge in [0, 0.05) is 11.5 Å². The van der Waals surface area contributed by atoms with E-state index in [9.17, 15) is 0 Å². The van der Waals surface area contributed by atoms with Crippen LogP contribution >= 0.6 is 0 Å². The van der Waals surface area contributed by atoms with Gasteiger partial charge in [0.2, 0.25) is 12.1 Å². The fourth-order valence-electron chi connectivity index (χ4n) is 3.90. The van der Waals surface area contributed by atoms with Crippen LogP contribution in [0.4, 0.5) is 0 Å². The number of ether oxygens (including phenoxy) is 1. The van der Waals surface area contributed by atoms with Crippen LogP contribution in [0.2, 0.25) is 0 Å². The average Bonchev–Trinajstić information content (AvgIpc) is 2.65. The zero-order valence-electron chi connectivity index (χ0n) is 14.6. The molecule has 1 aromatic heterocycles. The third-order valence-electron chi connectivity index (χ3n) is 5.12. The quantitative estimate of drug-likeness (QED) is 0.327. The Morgan fingerprint density at radius 2 is 1.96 bits per heavy atom. The Morgan fingerprint density at radius 1 is 1.12 bits per heavy atom. The molecule has 0 amide bonds. The second kappa shape index (κ2) is 5.27. The zero-order valence-corrected chi connectivity index (χ0v) is 14.6. The summed E-state index contributed by atoms with van der Waals surface area (Å²) in [6.07, 6.45) is 0. The Balaban J connectivity index is 1.95. The lowest BCUT2D eigenvalue weighted by Gasteiger charge is -2.20. The SMILES string of the molecule is [C-]#[N+]Cc1cccc2c1nc1c([n+]2C)-c2c(C)ccc3cccc(c23)O1. The molecule has 124 valence electrons. The van der Waals surface area contributed by atoms with Gasteiger partial charge in [-0.15, -0.1) is 0 Å². The van der Waals surface area contributed by atoms with Crippen molar-refractivity contribution in [3.63, 3.8) is 0 Å². The third-order valence-corrected chi connectivity index (χ3v) is 5.12. The molecule has 0 spiro atoms. The van der Waals surface area contributed by atoms with E-state index in [0.717, 1.165) is 38.8 Å². The monoisotopic (exact) mass is 338 g/mol. The highest BCUT2D eigenvalue weighted by atomic mass is 16.5. The topological polar surface area (TPSA) is 30.4 Å². The third kappa shape index (κ3) is 1.89. The van der Waals surface area contributed by atoms with Crippen LogP contribution in [0.1, 0.15) is 11.1 Å². The summed E-state index contributed by atoms with van der Waals surface area (Å²) in [6, 6.07) is 16.4. The summed E-state index contributed by atoms with van der Waals surface area (Å²) in [7, 11) is 2.04. The molecule has 1 aliphatic heterocycles. The van der Waals surface area contributed by atoms with Crippen molar-refractivity contribution in [3.05, 3.63) is 71.1 Å². The minimum Gasteiger partial charge on any atom is -0.433 e. The molecule has 0 N–H and O–H groups in total. The minimum absolute atomic E-state index is 0.314. The normalized spacial score (nSPS) is 11.9.